The number of thioether (sulfide) groups is 1. The van der Waals surface area contributed by atoms with Crippen LogP contribution >= 0.6 is 11.8 Å². The minimum Gasteiger partial charge on any atom is -0.497 e. The van der Waals surface area contributed by atoms with E-state index in [-0.39, 0.29) is 31.4 Å². The molecule has 7 nitrogen and oxygen atoms in total. The number of amides is 2. The lowest BCUT2D eigenvalue weighted by Gasteiger charge is -2.21. The fraction of sp³-hybridized carbons (Fsp3) is 0.471. The van der Waals surface area contributed by atoms with Crippen molar-refractivity contribution >= 4 is 29.5 Å². The number of methoxy groups -OCH3 is 1. The van der Waals surface area contributed by atoms with E-state index in [1.54, 1.807) is 32.2 Å². The van der Waals surface area contributed by atoms with Crippen molar-refractivity contribution in [3.05, 3.63) is 29.8 Å². The Morgan fingerprint density at radius 1 is 1.40 bits per heavy atom. The maximum atomic E-state index is 12.3. The molecule has 2 amide bonds. The third-order valence-electron chi connectivity index (χ3n) is 3.67. The van der Waals surface area contributed by atoms with Gasteiger partial charge in [0.1, 0.15) is 12.3 Å². The number of carbonyl (C=O) groups excluding carboxylic acids is 3. The Balaban J connectivity index is 2.08. The fourth-order valence-corrected chi connectivity index (χ4v) is 3.35. The lowest BCUT2D eigenvalue weighted by molar-refractivity contribution is -0.144. The van der Waals surface area contributed by atoms with E-state index in [0.29, 0.717) is 17.4 Å². The van der Waals surface area contributed by atoms with Crippen LogP contribution in [0.4, 0.5) is 0 Å². The van der Waals surface area contributed by atoms with Crippen LogP contribution in [0.25, 0.3) is 0 Å². The zero-order valence-electron chi connectivity index (χ0n) is 14.3. The van der Waals surface area contributed by atoms with Crippen molar-refractivity contribution in [3.63, 3.8) is 0 Å². The van der Waals surface area contributed by atoms with Crippen LogP contribution in [0.3, 0.4) is 0 Å². The Labute approximate surface area is 151 Å². The summed E-state index contributed by atoms with van der Waals surface area (Å²) in [6, 6.07) is 6.60. The number of ether oxygens (including phenoxy) is 2. The Kier molecular flexibility index (Phi) is 7.12. The van der Waals surface area contributed by atoms with E-state index in [0.717, 1.165) is 5.56 Å². The van der Waals surface area contributed by atoms with Gasteiger partial charge in [0.15, 0.2) is 0 Å². The molecular weight excluding hydrogens is 344 g/mol. The van der Waals surface area contributed by atoms with Gasteiger partial charge in [-0.15, -0.1) is 11.8 Å². The molecule has 1 N–H and O–H groups in total. The number of hydrogen-bond acceptors (Lipinski definition) is 6. The summed E-state index contributed by atoms with van der Waals surface area (Å²) >= 11 is 1.48. The van der Waals surface area contributed by atoms with Gasteiger partial charge in [0.05, 0.1) is 37.8 Å². The van der Waals surface area contributed by atoms with Crippen LogP contribution in [-0.4, -0.2) is 54.6 Å². The molecule has 1 fully saturated rings. The first-order chi connectivity index (χ1) is 12.0. The molecule has 8 heteroatoms. The summed E-state index contributed by atoms with van der Waals surface area (Å²) in [6.07, 6.45) is 0.00937. The number of nitrogens with zero attached hydrogens (tertiary/aromatic N) is 1. The van der Waals surface area contributed by atoms with Crippen LogP contribution in [0.2, 0.25) is 0 Å². The third-order valence-corrected chi connectivity index (χ3v) is 4.61. The SMILES string of the molecule is CCOC(=O)CC(NC(=O)CN1CSCC1=O)c1cccc(OC)c1. The van der Waals surface area contributed by atoms with Gasteiger partial charge in [-0.1, -0.05) is 12.1 Å². The molecule has 136 valence electrons. The van der Waals surface area contributed by atoms with Crippen LogP contribution in [-0.2, 0) is 19.1 Å². The van der Waals surface area contributed by atoms with Gasteiger partial charge in [-0.05, 0) is 24.6 Å². The average Bonchev–Trinajstić information content (AvgIpc) is 2.99. The summed E-state index contributed by atoms with van der Waals surface area (Å²) < 4.78 is 10.2. The summed E-state index contributed by atoms with van der Waals surface area (Å²) in [4.78, 5) is 37.4. The Bertz CT molecular complexity index is 637. The van der Waals surface area contributed by atoms with Crippen LogP contribution in [0.1, 0.15) is 24.9 Å². The second-order valence-electron chi connectivity index (χ2n) is 5.48. The zero-order chi connectivity index (χ0) is 18.2. The smallest absolute Gasteiger partial charge is 0.308 e. The highest BCUT2D eigenvalue weighted by molar-refractivity contribution is 8.00. The number of hydrogen-bond donors (Lipinski definition) is 1. The van der Waals surface area contributed by atoms with Crippen molar-refractivity contribution in [2.75, 3.05) is 31.9 Å². The summed E-state index contributed by atoms with van der Waals surface area (Å²) in [7, 11) is 1.55. The van der Waals surface area contributed by atoms with E-state index in [2.05, 4.69) is 5.32 Å². The summed E-state index contributed by atoms with van der Waals surface area (Å²) in [5, 5.41) is 2.82. The van der Waals surface area contributed by atoms with Crippen molar-refractivity contribution in [2.45, 2.75) is 19.4 Å². The molecule has 1 aliphatic rings. The second-order valence-corrected chi connectivity index (χ2v) is 6.43. The first kappa shape index (κ1) is 19.1. The summed E-state index contributed by atoms with van der Waals surface area (Å²) in [5.74, 6) is 0.773. The molecule has 1 aromatic carbocycles. The second kappa shape index (κ2) is 9.31. The van der Waals surface area contributed by atoms with Gasteiger partial charge in [-0.3, -0.25) is 14.4 Å². The highest BCUT2D eigenvalue weighted by Crippen LogP contribution is 2.22. The summed E-state index contributed by atoms with van der Waals surface area (Å²) in [6.45, 7) is 1.99. The molecule has 1 saturated heterocycles. The molecule has 1 atom stereocenters. The normalized spacial score (nSPS) is 15.0. The van der Waals surface area contributed by atoms with Gasteiger partial charge >= 0.3 is 5.97 Å². The number of rotatable bonds is 8. The van der Waals surface area contributed by atoms with Crippen LogP contribution < -0.4 is 10.1 Å². The predicted molar refractivity (Wildman–Crippen MR) is 94.2 cm³/mol. The van der Waals surface area contributed by atoms with E-state index in [1.165, 1.54) is 16.7 Å². The standard InChI is InChI=1S/C17H22N2O5S/c1-3-24-17(22)8-14(12-5-4-6-13(7-12)23-2)18-15(20)9-19-11-25-10-16(19)21/h4-7,14H,3,8-11H2,1-2H3,(H,18,20). The van der Waals surface area contributed by atoms with Crippen LogP contribution in [0.5, 0.6) is 5.75 Å². The number of nitrogens with one attached hydrogen (secondary N) is 1. The van der Waals surface area contributed by atoms with Gasteiger partial charge in [-0.2, -0.15) is 0 Å². The quantitative estimate of drug-likeness (QED) is 0.699. The largest absolute Gasteiger partial charge is 0.497 e. The van der Waals surface area contributed by atoms with Crippen LogP contribution in [0.15, 0.2) is 24.3 Å². The molecule has 2 rings (SSSR count). The van der Waals surface area contributed by atoms with Crippen molar-refractivity contribution in [3.8, 4) is 5.75 Å². The molecule has 1 heterocycles. The van der Waals surface area contributed by atoms with E-state index in [9.17, 15) is 14.4 Å². The minimum atomic E-state index is -0.549. The number of carbonyl (C=O) groups is 3. The molecular formula is C17H22N2O5S. The first-order valence-electron chi connectivity index (χ1n) is 7.98. The molecule has 0 aliphatic carbocycles. The van der Waals surface area contributed by atoms with Crippen molar-refractivity contribution in [2.24, 2.45) is 0 Å². The third kappa shape index (κ3) is 5.67. The van der Waals surface area contributed by atoms with Gasteiger partial charge in [-0.25, -0.2) is 0 Å². The maximum absolute atomic E-state index is 12.3. The number of esters is 1. The molecule has 0 spiro atoms. The molecule has 0 aromatic heterocycles. The zero-order valence-corrected chi connectivity index (χ0v) is 15.1. The van der Waals surface area contributed by atoms with Gasteiger partial charge in [0.2, 0.25) is 11.8 Å². The Morgan fingerprint density at radius 3 is 2.84 bits per heavy atom. The van der Waals surface area contributed by atoms with Crippen LogP contribution in [0, 0.1) is 0 Å². The monoisotopic (exact) mass is 366 g/mol. The summed E-state index contributed by atoms with van der Waals surface area (Å²) in [5.41, 5.74) is 0.739. The molecule has 25 heavy (non-hydrogen) atoms. The molecule has 0 bridgehead atoms. The molecule has 1 aliphatic heterocycles. The highest BCUT2D eigenvalue weighted by Gasteiger charge is 2.25. The van der Waals surface area contributed by atoms with E-state index in [1.807, 2.05) is 6.07 Å². The van der Waals surface area contributed by atoms with E-state index < -0.39 is 12.0 Å². The molecule has 1 aromatic rings. The van der Waals surface area contributed by atoms with Gasteiger partial charge in [0.25, 0.3) is 0 Å². The van der Waals surface area contributed by atoms with Crippen molar-refractivity contribution in [1.82, 2.24) is 10.2 Å². The Morgan fingerprint density at radius 2 is 2.20 bits per heavy atom. The number of benzene rings is 1. The lowest BCUT2D eigenvalue weighted by Crippen LogP contribution is -2.40. The average molecular weight is 366 g/mol. The first-order valence-corrected chi connectivity index (χ1v) is 9.13. The lowest BCUT2D eigenvalue weighted by atomic mass is 10.0. The van der Waals surface area contributed by atoms with Gasteiger partial charge in [0, 0.05) is 0 Å². The van der Waals surface area contributed by atoms with Crippen molar-refractivity contribution in [1.29, 1.82) is 0 Å². The molecule has 0 radical (unpaired) electrons. The van der Waals surface area contributed by atoms with E-state index in [4.69, 9.17) is 9.47 Å². The van der Waals surface area contributed by atoms with E-state index >= 15 is 0 Å². The molecule has 0 saturated carbocycles. The highest BCUT2D eigenvalue weighted by atomic mass is 32.2. The minimum absolute atomic E-state index is 0.00937. The molecule has 1 unspecified atom stereocenters. The fourth-order valence-electron chi connectivity index (χ4n) is 2.45. The van der Waals surface area contributed by atoms with Gasteiger partial charge < -0.3 is 19.7 Å². The predicted octanol–water partition coefficient (Wildman–Crippen LogP) is 1.34. The van der Waals surface area contributed by atoms with Crippen molar-refractivity contribution < 1.29 is 23.9 Å². The Hall–Kier alpha value is -2.22. The maximum Gasteiger partial charge on any atom is 0.308 e. The topological polar surface area (TPSA) is 84.9 Å².